The van der Waals surface area contributed by atoms with E-state index < -0.39 is 17.7 Å². The van der Waals surface area contributed by atoms with Gasteiger partial charge in [-0.05, 0) is 73.8 Å². The summed E-state index contributed by atoms with van der Waals surface area (Å²) in [5.74, 6) is 0.0389. The van der Waals surface area contributed by atoms with Crippen LogP contribution in [0.2, 0.25) is 0 Å². The molecule has 1 heterocycles. The zero-order valence-corrected chi connectivity index (χ0v) is 22.7. The van der Waals surface area contributed by atoms with Gasteiger partial charge >= 0.3 is 5.97 Å². The normalized spacial score (nSPS) is 17.2. The van der Waals surface area contributed by atoms with Crippen LogP contribution in [-0.4, -0.2) is 58.2 Å². The molecular formula is C32H40N2O4. The van der Waals surface area contributed by atoms with Crippen LogP contribution in [0.5, 0.6) is 5.75 Å². The minimum atomic E-state index is -0.820. The monoisotopic (exact) mass is 516 g/mol. The fourth-order valence-corrected chi connectivity index (χ4v) is 5.17. The number of hydrogen-bond donors (Lipinski definition) is 2. The summed E-state index contributed by atoms with van der Waals surface area (Å²) < 4.78 is 5.57. The molecule has 0 bridgehead atoms. The minimum Gasteiger partial charge on any atom is -0.423 e. The molecule has 1 fully saturated rings. The van der Waals surface area contributed by atoms with Crippen LogP contribution in [0.25, 0.3) is 0 Å². The average molecular weight is 517 g/mol. The maximum absolute atomic E-state index is 12.6. The molecule has 2 N–H and O–H groups in total. The zero-order chi connectivity index (χ0) is 27.1. The summed E-state index contributed by atoms with van der Waals surface area (Å²) in [6, 6.07) is 24.3. The second kappa shape index (κ2) is 12.7. The average Bonchev–Trinajstić information content (AvgIpc) is 2.96. The smallest absolute Gasteiger partial charge is 0.343 e. The van der Waals surface area contributed by atoms with Crippen molar-refractivity contribution < 1.29 is 19.7 Å². The quantitative estimate of drug-likeness (QED) is 0.287. The van der Waals surface area contributed by atoms with Gasteiger partial charge in [0.15, 0.2) is 0 Å². The first-order valence-corrected chi connectivity index (χ1v) is 13.7. The molecule has 6 heteroatoms. The van der Waals surface area contributed by atoms with Crippen molar-refractivity contribution in [3.8, 4) is 5.75 Å². The third-order valence-corrected chi connectivity index (χ3v) is 7.89. The lowest BCUT2D eigenvalue weighted by molar-refractivity contribution is -0.0501. The fourth-order valence-electron chi connectivity index (χ4n) is 5.17. The molecule has 38 heavy (non-hydrogen) atoms. The molecule has 3 aromatic carbocycles. The number of piperidine rings is 1. The number of rotatable bonds is 10. The standard InChI is InChI=1S/C32H40N2O4/c1-4-33(5-2)23-25-11-13-27(14-12-25)31(36)38-29-17-15-26(16-18-29)30(35)24(3)34-21-19-32(37,20-22-34)28-9-7-6-8-10-28/h6-18,24,30,35,37H,4-5,19-23H2,1-3H3/t24-,30?/m0/s1. The number of likely N-dealkylation sites (tertiary alicyclic amines) is 1. The van der Waals surface area contributed by atoms with E-state index in [1.54, 1.807) is 36.4 Å². The maximum Gasteiger partial charge on any atom is 0.343 e. The summed E-state index contributed by atoms with van der Waals surface area (Å²) in [4.78, 5) is 17.2. The van der Waals surface area contributed by atoms with Gasteiger partial charge in [0, 0.05) is 25.7 Å². The third kappa shape index (κ3) is 6.69. The molecule has 1 aliphatic heterocycles. The van der Waals surface area contributed by atoms with Gasteiger partial charge in [-0.2, -0.15) is 0 Å². The second-order valence-electron chi connectivity index (χ2n) is 10.2. The van der Waals surface area contributed by atoms with Crippen LogP contribution in [0.1, 0.15) is 66.8 Å². The lowest BCUT2D eigenvalue weighted by Gasteiger charge is -2.42. The van der Waals surface area contributed by atoms with Crippen LogP contribution in [0.15, 0.2) is 78.9 Å². The number of ether oxygens (including phenoxy) is 1. The molecular weight excluding hydrogens is 476 g/mol. The number of esters is 1. The van der Waals surface area contributed by atoms with Crippen LogP contribution in [0.3, 0.4) is 0 Å². The van der Waals surface area contributed by atoms with Crippen molar-refractivity contribution in [2.24, 2.45) is 0 Å². The molecule has 202 valence electrons. The first kappa shape index (κ1) is 28.0. The Morgan fingerprint density at radius 2 is 1.55 bits per heavy atom. The van der Waals surface area contributed by atoms with Gasteiger partial charge in [0.05, 0.1) is 17.3 Å². The lowest BCUT2D eigenvalue weighted by atomic mass is 9.83. The molecule has 1 aliphatic rings. The largest absolute Gasteiger partial charge is 0.423 e. The van der Waals surface area contributed by atoms with E-state index in [2.05, 4.69) is 23.6 Å². The highest BCUT2D eigenvalue weighted by atomic mass is 16.5. The Kier molecular flexibility index (Phi) is 9.34. The van der Waals surface area contributed by atoms with Gasteiger partial charge in [0.25, 0.3) is 0 Å². The Balaban J connectivity index is 1.31. The number of carbonyl (C=O) groups is 1. The zero-order valence-electron chi connectivity index (χ0n) is 22.7. The molecule has 0 aliphatic carbocycles. The second-order valence-corrected chi connectivity index (χ2v) is 10.2. The lowest BCUT2D eigenvalue weighted by Crippen LogP contribution is -2.47. The van der Waals surface area contributed by atoms with E-state index in [0.717, 1.165) is 36.3 Å². The highest BCUT2D eigenvalue weighted by Gasteiger charge is 2.36. The van der Waals surface area contributed by atoms with E-state index in [4.69, 9.17) is 4.74 Å². The van der Waals surface area contributed by atoms with Gasteiger partial charge in [-0.3, -0.25) is 9.80 Å². The van der Waals surface area contributed by atoms with E-state index in [1.165, 1.54) is 0 Å². The Morgan fingerprint density at radius 3 is 2.13 bits per heavy atom. The topological polar surface area (TPSA) is 73.2 Å². The van der Waals surface area contributed by atoms with Crippen LogP contribution >= 0.6 is 0 Å². The van der Waals surface area contributed by atoms with Crippen molar-refractivity contribution >= 4 is 5.97 Å². The van der Waals surface area contributed by atoms with Crippen molar-refractivity contribution in [3.05, 3.63) is 101 Å². The van der Waals surface area contributed by atoms with Crippen LogP contribution in [-0.2, 0) is 12.1 Å². The molecule has 0 amide bonds. The van der Waals surface area contributed by atoms with Crippen LogP contribution < -0.4 is 4.74 Å². The Hall–Kier alpha value is -3.03. The summed E-state index contributed by atoms with van der Waals surface area (Å²) in [5.41, 5.74) is 2.57. The number of hydrogen-bond acceptors (Lipinski definition) is 6. The van der Waals surface area contributed by atoms with E-state index in [9.17, 15) is 15.0 Å². The Labute approximate surface area is 226 Å². The number of aliphatic hydroxyl groups is 2. The molecule has 3 aromatic rings. The summed E-state index contributed by atoms with van der Waals surface area (Å²) in [6.07, 6.45) is 0.555. The van der Waals surface area contributed by atoms with Crippen molar-refractivity contribution in [1.29, 1.82) is 0 Å². The fraction of sp³-hybridized carbons (Fsp3) is 0.406. The van der Waals surface area contributed by atoms with Gasteiger partial charge < -0.3 is 14.9 Å². The number of nitrogens with zero attached hydrogens (tertiary/aromatic N) is 2. The molecule has 2 atom stereocenters. The Morgan fingerprint density at radius 1 is 0.947 bits per heavy atom. The number of aliphatic hydroxyl groups excluding tert-OH is 1. The molecule has 0 aromatic heterocycles. The molecule has 6 nitrogen and oxygen atoms in total. The highest BCUT2D eigenvalue weighted by Crippen LogP contribution is 2.35. The SMILES string of the molecule is CCN(CC)Cc1ccc(C(=O)Oc2ccc(C(O)[C@H](C)N3CCC(O)(c4ccccc4)CC3)cc2)cc1. The summed E-state index contributed by atoms with van der Waals surface area (Å²) in [7, 11) is 0. The van der Waals surface area contributed by atoms with Crippen LogP contribution in [0.4, 0.5) is 0 Å². The van der Waals surface area contributed by atoms with Crippen LogP contribution in [0, 0.1) is 0 Å². The van der Waals surface area contributed by atoms with Gasteiger partial charge in [-0.1, -0.05) is 68.4 Å². The predicted molar refractivity (Wildman–Crippen MR) is 150 cm³/mol. The Bertz CT molecular complexity index is 1150. The number of benzene rings is 3. The van der Waals surface area contributed by atoms with Gasteiger partial charge in [-0.25, -0.2) is 4.79 Å². The molecule has 0 saturated carbocycles. The summed E-state index contributed by atoms with van der Waals surface area (Å²) in [5, 5.41) is 22.2. The summed E-state index contributed by atoms with van der Waals surface area (Å²) in [6.45, 7) is 10.5. The van der Waals surface area contributed by atoms with Gasteiger partial charge in [0.1, 0.15) is 5.75 Å². The molecule has 0 spiro atoms. The van der Waals surface area contributed by atoms with Crippen molar-refractivity contribution in [2.75, 3.05) is 26.2 Å². The van der Waals surface area contributed by atoms with E-state index >= 15 is 0 Å². The van der Waals surface area contributed by atoms with Crippen molar-refractivity contribution in [3.63, 3.8) is 0 Å². The van der Waals surface area contributed by atoms with E-state index in [0.29, 0.717) is 37.2 Å². The molecule has 4 rings (SSSR count). The molecule has 1 unspecified atom stereocenters. The van der Waals surface area contributed by atoms with Gasteiger partial charge in [0.2, 0.25) is 0 Å². The van der Waals surface area contributed by atoms with Crippen molar-refractivity contribution in [2.45, 2.75) is 57.9 Å². The first-order valence-electron chi connectivity index (χ1n) is 13.7. The predicted octanol–water partition coefficient (Wildman–Crippen LogP) is 5.15. The highest BCUT2D eigenvalue weighted by molar-refractivity contribution is 5.91. The van der Waals surface area contributed by atoms with E-state index in [1.807, 2.05) is 49.4 Å². The number of carbonyl (C=O) groups excluding carboxylic acids is 1. The molecule has 0 radical (unpaired) electrons. The summed E-state index contributed by atoms with van der Waals surface area (Å²) >= 11 is 0. The maximum atomic E-state index is 12.6. The molecule has 1 saturated heterocycles. The third-order valence-electron chi connectivity index (χ3n) is 7.89. The van der Waals surface area contributed by atoms with Crippen molar-refractivity contribution in [1.82, 2.24) is 9.80 Å². The minimum absolute atomic E-state index is 0.112. The van der Waals surface area contributed by atoms with E-state index in [-0.39, 0.29) is 6.04 Å². The first-order chi connectivity index (χ1) is 18.3. The van der Waals surface area contributed by atoms with Gasteiger partial charge in [-0.15, -0.1) is 0 Å².